The maximum Gasteiger partial charge on any atom is 0.258 e. The Labute approximate surface area is 455 Å². The second kappa shape index (κ2) is 25.4. The van der Waals surface area contributed by atoms with Gasteiger partial charge in [-0.25, -0.2) is 5.43 Å². The third-order valence-electron chi connectivity index (χ3n) is 14.4. The van der Waals surface area contributed by atoms with Crippen molar-refractivity contribution in [3.8, 4) is 17.2 Å². The van der Waals surface area contributed by atoms with Gasteiger partial charge in [0, 0.05) is 83.6 Å². The van der Waals surface area contributed by atoms with E-state index < -0.39 is 0 Å². The molecule has 9 rings (SSSR count). The van der Waals surface area contributed by atoms with Crippen molar-refractivity contribution in [3.05, 3.63) is 141 Å². The van der Waals surface area contributed by atoms with Crippen LogP contribution in [0.5, 0.6) is 17.2 Å². The van der Waals surface area contributed by atoms with Crippen LogP contribution in [0, 0.1) is 6.92 Å². The smallest absolute Gasteiger partial charge is 0.258 e. The number of methoxy groups -OCH3 is 2. The number of carbonyl (C=O) groups is 3. The zero-order valence-corrected chi connectivity index (χ0v) is 46.3. The molecule has 0 fully saturated rings. The molecule has 76 heavy (non-hydrogen) atoms. The van der Waals surface area contributed by atoms with Gasteiger partial charge < -0.3 is 43.1 Å². The van der Waals surface area contributed by atoms with Crippen molar-refractivity contribution in [1.29, 1.82) is 0 Å². The summed E-state index contributed by atoms with van der Waals surface area (Å²) in [5.74, 6) is 2.36. The number of carbonyl (C=O) groups excluding carboxylic acids is 3. The minimum absolute atomic E-state index is 0.0125. The Morgan fingerprint density at radius 1 is 0.737 bits per heavy atom. The molecule has 14 nitrogen and oxygen atoms in total. The minimum atomic E-state index is -0.257. The quantitative estimate of drug-likeness (QED) is 0.0257. The summed E-state index contributed by atoms with van der Waals surface area (Å²) in [6.45, 7) is 12.3. The number of fused-ring (bicyclic) bond motifs is 8. The van der Waals surface area contributed by atoms with Gasteiger partial charge in [-0.3, -0.25) is 14.4 Å². The molecule has 5 aromatic carbocycles. The van der Waals surface area contributed by atoms with Crippen LogP contribution in [0.3, 0.4) is 0 Å². The van der Waals surface area contributed by atoms with Gasteiger partial charge in [-0.1, -0.05) is 58.0 Å². The Balaban J connectivity index is 0.986. The summed E-state index contributed by atoms with van der Waals surface area (Å²) < 4.78 is 36.2. The van der Waals surface area contributed by atoms with E-state index in [1.54, 1.807) is 48.9 Å². The maximum absolute atomic E-state index is 14.3. The molecule has 0 saturated heterocycles. The first-order chi connectivity index (χ1) is 36.9. The lowest BCUT2D eigenvalue weighted by atomic mass is 9.98. The Morgan fingerprint density at radius 3 is 1.93 bits per heavy atom. The highest BCUT2D eigenvalue weighted by Crippen LogP contribution is 2.43. The lowest BCUT2D eigenvalue weighted by molar-refractivity contribution is -0.120. The van der Waals surface area contributed by atoms with E-state index in [1.165, 1.54) is 11.1 Å². The second-order valence-electron chi connectivity index (χ2n) is 20.4. The van der Waals surface area contributed by atoms with Gasteiger partial charge in [-0.15, -0.1) is 0 Å². The van der Waals surface area contributed by atoms with Crippen LogP contribution in [0.4, 0.5) is 17.1 Å². The van der Waals surface area contributed by atoms with Crippen LogP contribution in [0.15, 0.2) is 96.1 Å². The number of nitrogens with zero attached hydrogens (tertiary/aromatic N) is 4. The van der Waals surface area contributed by atoms with Crippen LogP contribution < -0.4 is 34.3 Å². The standard InChI is InChI=1S/C60H71N5O9S2/c1-7-61-62-57(66)20-27-75-76-60(3,4)39-63(21-22-71-25-26-72-24-23-69-5)49-30-41(37-73-54-34-43-16-18-47-32-45-12-8-10-14-52(45)64(47)58(67)50(43)28-40(54)2)29-42(31-49)38-74-56-35-44-17-19-48-33-46-13-9-11-15-53(46)65(48)59(68)51(44)36-55(56)70-6/h7-15,28-31,34-36,47-48H,16-27,32-33,37-39H2,1-6H3,(H,62,66)/t47-,48-/m1/s1. The number of hydrazone groups is 1. The summed E-state index contributed by atoms with van der Waals surface area (Å²) in [5.41, 5.74) is 14.0. The van der Waals surface area contributed by atoms with Gasteiger partial charge in [0.2, 0.25) is 5.91 Å². The van der Waals surface area contributed by atoms with E-state index in [9.17, 15) is 14.4 Å². The molecule has 0 aliphatic carbocycles. The summed E-state index contributed by atoms with van der Waals surface area (Å²) >= 11 is 0. The van der Waals surface area contributed by atoms with Crippen LogP contribution in [-0.4, -0.2) is 107 Å². The molecule has 1 N–H and O–H groups in total. The number of benzene rings is 5. The fourth-order valence-corrected chi connectivity index (χ4v) is 13.3. The van der Waals surface area contributed by atoms with E-state index >= 15 is 0 Å². The zero-order valence-electron chi connectivity index (χ0n) is 44.7. The molecular formula is C60H71N5O9S2. The summed E-state index contributed by atoms with van der Waals surface area (Å²) in [6, 6.07) is 31.1. The molecule has 4 heterocycles. The molecule has 3 amide bonds. The molecule has 2 atom stereocenters. The first-order valence-electron chi connectivity index (χ1n) is 26.5. The number of nitrogens with one attached hydrogen (secondary N) is 1. The normalized spacial score (nSPS) is 16.6. The number of aryl methyl sites for hydroxylation is 3. The summed E-state index contributed by atoms with van der Waals surface area (Å²) in [6.07, 6.45) is 6.85. The van der Waals surface area contributed by atoms with Crippen molar-refractivity contribution in [2.45, 2.75) is 103 Å². The highest BCUT2D eigenvalue weighted by atomic mass is 33.1. The molecule has 4 aliphatic heterocycles. The van der Waals surface area contributed by atoms with E-state index in [2.05, 4.69) is 77.8 Å². The lowest BCUT2D eigenvalue weighted by Gasteiger charge is -2.34. The van der Waals surface area contributed by atoms with Crippen LogP contribution in [-0.2, 0) is 57.9 Å². The number of anilines is 3. The van der Waals surface area contributed by atoms with Crippen molar-refractivity contribution in [3.63, 3.8) is 0 Å². The molecule has 16 heteroatoms. The number of hydrogen-bond acceptors (Lipinski definition) is 13. The van der Waals surface area contributed by atoms with Gasteiger partial charge in [0.1, 0.15) is 19.0 Å². The fourth-order valence-electron chi connectivity index (χ4n) is 10.8. The average Bonchev–Trinajstić information content (AvgIpc) is 3.93. The number of ether oxygens (including phenoxy) is 6. The third kappa shape index (κ3) is 13.0. The largest absolute Gasteiger partial charge is 0.493 e. The predicted octanol–water partition coefficient (Wildman–Crippen LogP) is 10.4. The molecular weight excluding hydrogens is 999 g/mol. The van der Waals surface area contributed by atoms with Crippen molar-refractivity contribution < 1.29 is 42.8 Å². The minimum Gasteiger partial charge on any atom is -0.493 e. The van der Waals surface area contributed by atoms with Crippen LogP contribution >= 0.6 is 21.6 Å². The van der Waals surface area contributed by atoms with Crippen LogP contribution in [0.1, 0.15) is 99.7 Å². The van der Waals surface area contributed by atoms with Gasteiger partial charge in [-0.05, 0) is 160 Å². The molecule has 0 aromatic heterocycles. The molecule has 0 unspecified atom stereocenters. The predicted molar refractivity (Wildman–Crippen MR) is 304 cm³/mol. The molecule has 0 spiro atoms. The van der Waals surface area contributed by atoms with Gasteiger partial charge in [-0.2, -0.15) is 5.10 Å². The Bertz CT molecular complexity index is 2910. The topological polar surface area (TPSA) is 141 Å². The SMILES string of the molecule is CC=NNC(=O)CCSSC(C)(C)CN(CCOCCOCCOC)c1cc(COc2cc3c(cc2C)C(=O)N2c4ccccc4C[C@H]2CC3)cc(COc2cc3c(cc2OC)C(=O)N2c4ccccc4C[C@H]2CC3)c1. The highest BCUT2D eigenvalue weighted by molar-refractivity contribution is 8.77. The van der Waals surface area contributed by atoms with Crippen molar-refractivity contribution in [1.82, 2.24) is 5.43 Å². The molecule has 402 valence electrons. The number of hydrogen-bond donors (Lipinski definition) is 1. The van der Waals surface area contributed by atoms with E-state index in [-0.39, 0.29) is 47.8 Å². The Kier molecular flexibility index (Phi) is 18.3. The van der Waals surface area contributed by atoms with E-state index in [1.807, 2.05) is 59.2 Å². The summed E-state index contributed by atoms with van der Waals surface area (Å²) in [5, 5.41) is 3.87. The van der Waals surface area contributed by atoms with Gasteiger partial charge >= 0.3 is 0 Å². The first kappa shape index (κ1) is 54.7. The van der Waals surface area contributed by atoms with Crippen LogP contribution in [0.25, 0.3) is 0 Å². The fraction of sp³-hybridized carbons (Fsp3) is 0.433. The van der Waals surface area contributed by atoms with Crippen molar-refractivity contribution in [2.24, 2.45) is 5.10 Å². The van der Waals surface area contributed by atoms with E-state index in [0.29, 0.717) is 75.4 Å². The number of rotatable bonds is 25. The second-order valence-corrected chi connectivity index (χ2v) is 23.5. The van der Waals surface area contributed by atoms with Crippen molar-refractivity contribution in [2.75, 3.05) is 80.8 Å². The highest BCUT2D eigenvalue weighted by Gasteiger charge is 2.39. The Morgan fingerprint density at radius 2 is 1.32 bits per heavy atom. The monoisotopic (exact) mass is 1070 g/mol. The van der Waals surface area contributed by atoms with Crippen molar-refractivity contribution >= 4 is 62.6 Å². The summed E-state index contributed by atoms with van der Waals surface area (Å²) in [4.78, 5) is 47.2. The molecule has 5 aromatic rings. The molecule has 4 aliphatic rings. The molecule has 0 bridgehead atoms. The third-order valence-corrected chi connectivity index (χ3v) is 17.7. The molecule has 0 saturated carbocycles. The maximum atomic E-state index is 14.3. The van der Waals surface area contributed by atoms with Gasteiger partial charge in [0.25, 0.3) is 11.8 Å². The van der Waals surface area contributed by atoms with Gasteiger partial charge in [0.15, 0.2) is 11.5 Å². The lowest BCUT2D eigenvalue weighted by Crippen LogP contribution is -2.38. The van der Waals surface area contributed by atoms with Gasteiger partial charge in [0.05, 0.1) is 40.1 Å². The average molecular weight is 1070 g/mol. The van der Waals surface area contributed by atoms with E-state index in [4.69, 9.17) is 28.4 Å². The number of para-hydroxylation sites is 2. The Hall–Kier alpha value is -6.04. The zero-order chi connectivity index (χ0) is 53.2. The number of amides is 3. The van der Waals surface area contributed by atoms with Crippen LogP contribution in [0.2, 0.25) is 0 Å². The first-order valence-corrected chi connectivity index (χ1v) is 28.8. The van der Waals surface area contributed by atoms with E-state index in [0.717, 1.165) is 94.7 Å². The summed E-state index contributed by atoms with van der Waals surface area (Å²) in [7, 11) is 6.68. The molecule has 0 radical (unpaired) electrons.